The summed E-state index contributed by atoms with van der Waals surface area (Å²) in [5.74, 6) is -3.20. The number of hydrogen-bond acceptors (Lipinski definition) is 8. The molecule has 0 aliphatic carbocycles. The Morgan fingerprint density at radius 2 is 1.86 bits per heavy atom. The molecule has 2 N–H and O–H groups in total. The molecule has 1 aromatic rings. The van der Waals surface area contributed by atoms with Crippen LogP contribution in [-0.2, 0) is 23.9 Å². The van der Waals surface area contributed by atoms with Gasteiger partial charge in [0.1, 0.15) is 17.4 Å². The Balaban J connectivity index is 1.51. The Kier molecular flexibility index (Phi) is 7.88. The van der Waals surface area contributed by atoms with Crippen LogP contribution < -0.4 is 15.4 Å². The number of fused-ring (bicyclic) bond motifs is 1. The number of esters is 1. The molecule has 11 heteroatoms. The Labute approximate surface area is 202 Å². The van der Waals surface area contributed by atoms with Crippen LogP contribution in [0.15, 0.2) is 18.2 Å². The maximum absolute atomic E-state index is 13.0. The molecule has 0 aromatic heterocycles. The molecule has 188 valence electrons. The standard InChI is InChI=1S/C24H29N3O8/c1-24(2,3)35-19(30)9-4-5-12-25-18(29)13-34-16-8-6-7-14-20(16)23(33)27(22(14)32)15-10-11-17(28)26-21(15)31/h6-8,15H,4-5,9-13H2,1-3H3,(H,25,29)(H,26,28,31). The van der Waals surface area contributed by atoms with Crippen LogP contribution in [0.3, 0.4) is 0 Å². The Morgan fingerprint density at radius 3 is 2.54 bits per heavy atom. The Bertz CT molecular complexity index is 1060. The van der Waals surface area contributed by atoms with Gasteiger partial charge in [-0.05, 0) is 52.2 Å². The van der Waals surface area contributed by atoms with E-state index in [1.54, 1.807) is 20.8 Å². The molecule has 1 atom stereocenters. The fourth-order valence-electron chi connectivity index (χ4n) is 3.81. The van der Waals surface area contributed by atoms with Crippen LogP contribution in [0.5, 0.6) is 5.75 Å². The third-order valence-corrected chi connectivity index (χ3v) is 5.34. The minimum absolute atomic E-state index is 0.0190. The Hall–Kier alpha value is -3.76. The lowest BCUT2D eigenvalue weighted by atomic mass is 10.0. The van der Waals surface area contributed by atoms with Crippen molar-refractivity contribution in [3.63, 3.8) is 0 Å². The van der Waals surface area contributed by atoms with Gasteiger partial charge in [0.2, 0.25) is 11.8 Å². The van der Waals surface area contributed by atoms with Crippen molar-refractivity contribution in [1.82, 2.24) is 15.5 Å². The van der Waals surface area contributed by atoms with Crippen molar-refractivity contribution in [2.45, 2.75) is 64.5 Å². The second kappa shape index (κ2) is 10.7. The zero-order valence-electron chi connectivity index (χ0n) is 20.0. The molecular weight excluding hydrogens is 458 g/mol. The first-order chi connectivity index (χ1) is 16.5. The molecule has 3 rings (SSSR count). The van der Waals surface area contributed by atoms with Crippen LogP contribution in [0.25, 0.3) is 0 Å². The average Bonchev–Trinajstić information content (AvgIpc) is 3.02. The van der Waals surface area contributed by atoms with E-state index >= 15 is 0 Å². The van der Waals surface area contributed by atoms with Gasteiger partial charge in [0.25, 0.3) is 17.7 Å². The highest BCUT2D eigenvalue weighted by Gasteiger charge is 2.46. The van der Waals surface area contributed by atoms with E-state index in [1.165, 1.54) is 18.2 Å². The van der Waals surface area contributed by atoms with Gasteiger partial charge in [-0.1, -0.05) is 6.07 Å². The van der Waals surface area contributed by atoms with Crippen molar-refractivity contribution in [2.75, 3.05) is 13.2 Å². The number of nitrogens with zero attached hydrogens (tertiary/aromatic N) is 1. The van der Waals surface area contributed by atoms with Crippen LogP contribution in [0, 0.1) is 0 Å². The summed E-state index contributed by atoms with van der Waals surface area (Å²) in [4.78, 5) is 74.1. The molecule has 2 aliphatic heterocycles. The topological polar surface area (TPSA) is 148 Å². The van der Waals surface area contributed by atoms with Crippen molar-refractivity contribution in [1.29, 1.82) is 0 Å². The van der Waals surface area contributed by atoms with E-state index in [0.717, 1.165) is 4.90 Å². The van der Waals surface area contributed by atoms with Gasteiger partial charge in [-0.2, -0.15) is 0 Å². The van der Waals surface area contributed by atoms with E-state index in [9.17, 15) is 28.8 Å². The highest BCUT2D eigenvalue weighted by Crippen LogP contribution is 2.33. The zero-order chi connectivity index (χ0) is 25.8. The van der Waals surface area contributed by atoms with E-state index in [2.05, 4.69) is 10.6 Å². The van der Waals surface area contributed by atoms with E-state index in [1.807, 2.05) is 0 Å². The molecule has 1 aromatic carbocycles. The second-order valence-electron chi connectivity index (χ2n) is 9.31. The number of hydrogen-bond donors (Lipinski definition) is 2. The van der Waals surface area contributed by atoms with Gasteiger partial charge in [0.05, 0.1) is 11.1 Å². The molecule has 2 heterocycles. The predicted octanol–water partition coefficient (Wildman–Crippen LogP) is 1.09. The van der Waals surface area contributed by atoms with Crippen LogP contribution in [-0.4, -0.2) is 65.2 Å². The van der Waals surface area contributed by atoms with Crippen LogP contribution >= 0.6 is 0 Å². The number of carbonyl (C=O) groups is 6. The van der Waals surface area contributed by atoms with Crippen LogP contribution in [0.1, 0.15) is 73.6 Å². The van der Waals surface area contributed by atoms with Gasteiger partial charge in [0, 0.05) is 19.4 Å². The average molecular weight is 488 g/mol. The van der Waals surface area contributed by atoms with E-state index < -0.39 is 41.2 Å². The smallest absolute Gasteiger partial charge is 0.306 e. The lowest BCUT2D eigenvalue weighted by molar-refractivity contribution is -0.155. The maximum atomic E-state index is 13.0. The number of piperidine rings is 1. The van der Waals surface area contributed by atoms with E-state index in [-0.39, 0.29) is 48.7 Å². The first-order valence-corrected chi connectivity index (χ1v) is 11.4. The number of imide groups is 2. The fourth-order valence-corrected chi connectivity index (χ4v) is 3.81. The van der Waals surface area contributed by atoms with Crippen molar-refractivity contribution in [3.05, 3.63) is 29.3 Å². The number of amides is 5. The normalized spacial score (nSPS) is 17.7. The van der Waals surface area contributed by atoms with Crippen molar-refractivity contribution < 1.29 is 38.2 Å². The summed E-state index contributed by atoms with van der Waals surface area (Å²) >= 11 is 0. The number of ether oxygens (including phenoxy) is 2. The maximum Gasteiger partial charge on any atom is 0.306 e. The molecule has 11 nitrogen and oxygen atoms in total. The molecule has 0 saturated carbocycles. The second-order valence-corrected chi connectivity index (χ2v) is 9.31. The Morgan fingerprint density at radius 1 is 1.11 bits per heavy atom. The lowest BCUT2D eigenvalue weighted by Crippen LogP contribution is -2.54. The summed E-state index contributed by atoms with van der Waals surface area (Å²) in [6.45, 7) is 5.33. The molecule has 0 bridgehead atoms. The van der Waals surface area contributed by atoms with Gasteiger partial charge in [-0.25, -0.2) is 0 Å². The summed E-state index contributed by atoms with van der Waals surface area (Å²) < 4.78 is 10.7. The molecular formula is C24H29N3O8. The summed E-state index contributed by atoms with van der Waals surface area (Å²) in [7, 11) is 0. The molecule has 0 radical (unpaired) electrons. The molecule has 1 saturated heterocycles. The number of nitrogens with one attached hydrogen (secondary N) is 2. The third-order valence-electron chi connectivity index (χ3n) is 5.34. The minimum Gasteiger partial charge on any atom is -0.483 e. The third kappa shape index (κ3) is 6.43. The largest absolute Gasteiger partial charge is 0.483 e. The highest BCUT2D eigenvalue weighted by molar-refractivity contribution is 6.24. The summed E-state index contributed by atoms with van der Waals surface area (Å²) in [6, 6.07) is 3.34. The minimum atomic E-state index is -1.09. The number of carbonyl (C=O) groups excluding carboxylic acids is 6. The molecule has 5 amide bonds. The number of unbranched alkanes of at least 4 members (excludes halogenated alkanes) is 1. The molecule has 1 fully saturated rings. The van der Waals surface area contributed by atoms with Crippen molar-refractivity contribution in [3.8, 4) is 5.75 Å². The summed E-state index contributed by atoms with van der Waals surface area (Å²) in [5, 5.41) is 4.81. The van der Waals surface area contributed by atoms with Crippen LogP contribution in [0.2, 0.25) is 0 Å². The van der Waals surface area contributed by atoms with Gasteiger partial charge in [0.15, 0.2) is 6.61 Å². The SMILES string of the molecule is CC(C)(C)OC(=O)CCCCNC(=O)COc1cccc2c1C(=O)N(C1CCC(=O)NC1=O)C2=O. The van der Waals surface area contributed by atoms with Crippen molar-refractivity contribution in [2.24, 2.45) is 0 Å². The van der Waals surface area contributed by atoms with Gasteiger partial charge in [-0.15, -0.1) is 0 Å². The molecule has 0 spiro atoms. The predicted molar refractivity (Wildman–Crippen MR) is 121 cm³/mol. The fraction of sp³-hybridized carbons (Fsp3) is 0.500. The van der Waals surface area contributed by atoms with Gasteiger partial charge < -0.3 is 14.8 Å². The first kappa shape index (κ1) is 25.9. The zero-order valence-corrected chi connectivity index (χ0v) is 20.0. The van der Waals surface area contributed by atoms with Gasteiger partial charge >= 0.3 is 5.97 Å². The number of benzene rings is 1. The quantitative estimate of drug-likeness (QED) is 0.299. The van der Waals surface area contributed by atoms with E-state index in [4.69, 9.17) is 9.47 Å². The molecule has 1 unspecified atom stereocenters. The monoisotopic (exact) mass is 487 g/mol. The number of rotatable bonds is 9. The molecule has 2 aliphatic rings. The molecule has 35 heavy (non-hydrogen) atoms. The summed E-state index contributed by atoms with van der Waals surface area (Å²) in [6.07, 6.45) is 1.43. The lowest BCUT2D eigenvalue weighted by Gasteiger charge is -2.27. The van der Waals surface area contributed by atoms with E-state index in [0.29, 0.717) is 19.4 Å². The first-order valence-electron chi connectivity index (χ1n) is 11.4. The van der Waals surface area contributed by atoms with Crippen LogP contribution in [0.4, 0.5) is 0 Å². The summed E-state index contributed by atoms with van der Waals surface area (Å²) in [5.41, 5.74) is -0.488. The van der Waals surface area contributed by atoms with Gasteiger partial charge in [-0.3, -0.25) is 39.0 Å². The van der Waals surface area contributed by atoms with Crippen molar-refractivity contribution >= 4 is 35.5 Å². The highest BCUT2D eigenvalue weighted by atomic mass is 16.6.